The molecule has 1 heterocycles. The van der Waals surface area contributed by atoms with E-state index < -0.39 is 18.1 Å². The maximum Gasteiger partial charge on any atom is 0.249 e. The number of benzene rings is 3. The summed E-state index contributed by atoms with van der Waals surface area (Å²) in [6.07, 6.45) is 5.13. The van der Waals surface area contributed by atoms with Crippen molar-refractivity contribution in [2.75, 3.05) is 26.9 Å². The van der Waals surface area contributed by atoms with Crippen LogP contribution in [0.2, 0.25) is 0 Å². The smallest absolute Gasteiger partial charge is 0.249 e. The number of carbonyl (C=O) groups is 3. The van der Waals surface area contributed by atoms with Crippen LogP contribution in [-0.4, -0.2) is 73.4 Å². The molecule has 0 bridgehead atoms. The monoisotopic (exact) mass is 528 g/mol. The zero-order valence-electron chi connectivity index (χ0n) is 22.5. The number of methoxy groups -OCH3 is 1. The molecule has 0 saturated carbocycles. The lowest BCUT2D eigenvalue weighted by molar-refractivity contribution is -0.166. The van der Waals surface area contributed by atoms with Crippen molar-refractivity contribution in [1.29, 1.82) is 0 Å². The fourth-order valence-electron chi connectivity index (χ4n) is 4.26. The summed E-state index contributed by atoms with van der Waals surface area (Å²) < 4.78 is 10.8. The molecule has 1 fully saturated rings. The Bertz CT molecular complexity index is 1170. The van der Waals surface area contributed by atoms with E-state index in [4.69, 9.17) is 9.47 Å². The molecule has 4 rings (SSSR count). The summed E-state index contributed by atoms with van der Waals surface area (Å²) in [6, 6.07) is 27.7. The predicted octanol–water partition coefficient (Wildman–Crippen LogP) is 4.16. The third kappa shape index (κ3) is 8.74. The molecule has 0 N–H and O–H groups in total. The molecule has 1 aliphatic heterocycles. The first-order chi connectivity index (χ1) is 19.1. The van der Waals surface area contributed by atoms with Gasteiger partial charge in [0.05, 0.1) is 25.9 Å². The van der Waals surface area contributed by atoms with Gasteiger partial charge in [-0.05, 0) is 18.1 Å². The number of hydrogen-bond donors (Lipinski definition) is 0. The molecule has 7 nitrogen and oxygen atoms in total. The van der Waals surface area contributed by atoms with Crippen molar-refractivity contribution in [2.45, 2.75) is 31.7 Å². The van der Waals surface area contributed by atoms with Gasteiger partial charge in [0.2, 0.25) is 12.3 Å². The highest BCUT2D eigenvalue weighted by Crippen LogP contribution is 2.29. The Morgan fingerprint density at radius 3 is 2.08 bits per heavy atom. The molecule has 0 spiro atoms. The number of likely N-dealkylation sites (tertiary alicyclic amines) is 1. The summed E-state index contributed by atoms with van der Waals surface area (Å²) in [5.41, 5.74) is 3.27. The molecule has 7 heteroatoms. The fourth-order valence-corrected chi connectivity index (χ4v) is 4.26. The van der Waals surface area contributed by atoms with Crippen LogP contribution in [0.25, 0.3) is 6.08 Å². The molecule has 2 amide bonds. The number of aldehydes is 1. The summed E-state index contributed by atoms with van der Waals surface area (Å²) in [5.74, 6) is -0.281. The van der Waals surface area contributed by atoms with Crippen molar-refractivity contribution in [3.05, 3.63) is 114 Å². The van der Waals surface area contributed by atoms with Gasteiger partial charge in [-0.1, -0.05) is 109 Å². The quantitative estimate of drug-likeness (QED) is 0.246. The van der Waals surface area contributed by atoms with Crippen LogP contribution in [0.5, 0.6) is 0 Å². The maximum atomic E-state index is 13.0. The lowest BCUT2D eigenvalue weighted by Crippen LogP contribution is -2.73. The van der Waals surface area contributed by atoms with Crippen molar-refractivity contribution < 1.29 is 23.9 Å². The average molecular weight is 529 g/mol. The number of aryl methyl sites for hydroxylation is 1. The summed E-state index contributed by atoms with van der Waals surface area (Å²) in [4.78, 5) is 39.5. The third-order valence-corrected chi connectivity index (χ3v) is 6.34. The molecule has 0 radical (unpaired) electrons. The Labute approximate surface area is 230 Å². The van der Waals surface area contributed by atoms with Crippen LogP contribution in [0.15, 0.2) is 97.1 Å². The molecule has 1 saturated heterocycles. The van der Waals surface area contributed by atoms with E-state index in [1.54, 1.807) is 0 Å². The van der Waals surface area contributed by atoms with Crippen molar-refractivity contribution >= 4 is 24.7 Å². The predicted molar refractivity (Wildman–Crippen MR) is 152 cm³/mol. The Kier molecular flexibility index (Phi) is 12.1. The number of ether oxygens (including phenoxy) is 2. The molecule has 0 aromatic heterocycles. The number of rotatable bonds is 13. The van der Waals surface area contributed by atoms with Crippen molar-refractivity contribution in [1.82, 2.24) is 9.80 Å². The van der Waals surface area contributed by atoms with Crippen LogP contribution < -0.4 is 0 Å². The standard InChI is InChI=1S/C25H28N2O5.C7H8/c1-31-15-14-26(19-29)24-23(13-12-20-8-4-2-5-9-20)27(25(24)30)22(16-28)18-32-17-21-10-6-3-7-11-21;1-7-5-3-2-4-6-7/h2-13,16,19,22-24H,14-15,17-18H2,1H3;2-6H,1H3/b13-12+;/t22?,23?,24-;/m0./s1. The van der Waals surface area contributed by atoms with Crippen LogP contribution in [0.4, 0.5) is 0 Å². The van der Waals surface area contributed by atoms with Crippen molar-refractivity contribution in [3.63, 3.8) is 0 Å². The summed E-state index contributed by atoms with van der Waals surface area (Å²) in [7, 11) is 1.54. The van der Waals surface area contributed by atoms with Gasteiger partial charge in [0, 0.05) is 13.7 Å². The van der Waals surface area contributed by atoms with Gasteiger partial charge in [0.1, 0.15) is 18.4 Å². The molecule has 39 heavy (non-hydrogen) atoms. The second-order valence-electron chi connectivity index (χ2n) is 9.15. The van der Waals surface area contributed by atoms with Crippen molar-refractivity contribution in [3.8, 4) is 0 Å². The van der Waals surface area contributed by atoms with E-state index in [1.807, 2.05) is 91.0 Å². The van der Waals surface area contributed by atoms with E-state index >= 15 is 0 Å². The van der Waals surface area contributed by atoms with Gasteiger partial charge in [0.15, 0.2) is 0 Å². The lowest BCUT2D eigenvalue weighted by atomic mass is 9.90. The molecule has 3 aromatic rings. The van der Waals surface area contributed by atoms with E-state index in [1.165, 1.54) is 22.5 Å². The SMILES string of the molecule is COCCN(C=O)[C@@H]1C(=O)N(C(C=O)COCc2ccccc2)C1/C=C/c1ccccc1.Cc1ccccc1. The molecular weight excluding hydrogens is 492 g/mol. The Hall–Kier alpha value is -4.07. The number of nitrogens with zero attached hydrogens (tertiary/aromatic N) is 2. The van der Waals surface area contributed by atoms with Gasteiger partial charge in [-0.25, -0.2) is 0 Å². The molecule has 2 unspecified atom stereocenters. The van der Waals surface area contributed by atoms with Crippen LogP contribution in [0, 0.1) is 6.92 Å². The van der Waals surface area contributed by atoms with E-state index in [9.17, 15) is 14.4 Å². The lowest BCUT2D eigenvalue weighted by Gasteiger charge is -2.51. The second-order valence-corrected chi connectivity index (χ2v) is 9.15. The van der Waals surface area contributed by atoms with Crippen molar-refractivity contribution in [2.24, 2.45) is 0 Å². The third-order valence-electron chi connectivity index (χ3n) is 6.34. The van der Waals surface area contributed by atoms with Crippen LogP contribution in [-0.2, 0) is 30.5 Å². The van der Waals surface area contributed by atoms with E-state index in [0.29, 0.717) is 19.6 Å². The molecular formula is C32H36N2O5. The van der Waals surface area contributed by atoms with Crippen LogP contribution >= 0.6 is 0 Å². The number of hydrogen-bond acceptors (Lipinski definition) is 5. The van der Waals surface area contributed by atoms with Gasteiger partial charge in [-0.3, -0.25) is 9.59 Å². The molecule has 1 aliphatic rings. The summed E-state index contributed by atoms with van der Waals surface area (Å²) in [6.45, 7) is 3.10. The van der Waals surface area contributed by atoms with Crippen LogP contribution in [0.1, 0.15) is 16.7 Å². The zero-order valence-corrected chi connectivity index (χ0v) is 22.5. The first-order valence-electron chi connectivity index (χ1n) is 12.9. The Balaban J connectivity index is 0.000000520. The summed E-state index contributed by atoms with van der Waals surface area (Å²) in [5, 5.41) is 0. The topological polar surface area (TPSA) is 76.2 Å². The minimum absolute atomic E-state index is 0.0751. The summed E-state index contributed by atoms with van der Waals surface area (Å²) >= 11 is 0. The second kappa shape index (κ2) is 16.0. The van der Waals surface area contributed by atoms with Gasteiger partial charge >= 0.3 is 0 Å². The highest BCUT2D eigenvalue weighted by atomic mass is 16.5. The molecule has 3 atom stereocenters. The van der Waals surface area contributed by atoms with Crippen LogP contribution in [0.3, 0.4) is 0 Å². The molecule has 0 aliphatic carbocycles. The minimum atomic E-state index is -0.746. The van der Waals surface area contributed by atoms with E-state index in [0.717, 1.165) is 17.4 Å². The van der Waals surface area contributed by atoms with Gasteiger partial charge < -0.3 is 24.1 Å². The number of carbonyl (C=O) groups excluding carboxylic acids is 3. The van der Waals surface area contributed by atoms with E-state index in [2.05, 4.69) is 19.1 Å². The number of β-lactam (4-membered cyclic amide) rings is 1. The Morgan fingerprint density at radius 2 is 1.54 bits per heavy atom. The minimum Gasteiger partial charge on any atom is -0.383 e. The molecule has 204 valence electrons. The Morgan fingerprint density at radius 1 is 0.923 bits per heavy atom. The highest BCUT2D eigenvalue weighted by Gasteiger charge is 2.51. The fraction of sp³-hybridized carbons (Fsp3) is 0.281. The average Bonchev–Trinajstić information content (AvgIpc) is 2.98. The van der Waals surface area contributed by atoms with Gasteiger partial charge in [-0.15, -0.1) is 0 Å². The largest absolute Gasteiger partial charge is 0.383 e. The van der Waals surface area contributed by atoms with Gasteiger partial charge in [0.25, 0.3) is 0 Å². The first kappa shape index (κ1) is 29.5. The highest BCUT2D eigenvalue weighted by molar-refractivity contribution is 5.94. The van der Waals surface area contributed by atoms with E-state index in [-0.39, 0.29) is 19.1 Å². The molecule has 3 aromatic carbocycles. The number of amides is 2. The normalized spacial score (nSPS) is 17.1. The zero-order chi connectivity index (χ0) is 27.9. The first-order valence-corrected chi connectivity index (χ1v) is 12.9. The van der Waals surface area contributed by atoms with Gasteiger partial charge in [-0.2, -0.15) is 0 Å². The maximum absolute atomic E-state index is 13.0.